The Balaban J connectivity index is 1.91. The number of unbranched alkanes of at least 4 members (excludes halogenated alkanes) is 2. The molecule has 2 rings (SSSR count). The Morgan fingerprint density at radius 3 is 1.96 bits per heavy atom. The average Bonchev–Trinajstić information content (AvgIpc) is 2.66. The normalized spacial score (nSPS) is 10.3. The van der Waals surface area contributed by atoms with Crippen molar-refractivity contribution in [3.8, 4) is 0 Å². The Bertz CT molecular complexity index is 691. The van der Waals surface area contributed by atoms with Crippen molar-refractivity contribution in [3.05, 3.63) is 65.2 Å². The molecule has 0 atom stereocenters. The first kappa shape index (κ1) is 18.7. The molecule has 132 valence electrons. The lowest BCUT2D eigenvalue weighted by molar-refractivity contribution is 0.0951. The summed E-state index contributed by atoms with van der Waals surface area (Å²) in [4.78, 5) is 24.3. The van der Waals surface area contributed by atoms with Crippen LogP contribution in [0.3, 0.4) is 0 Å². The van der Waals surface area contributed by atoms with Crippen LogP contribution in [0.25, 0.3) is 0 Å². The number of nitrogens with one attached hydrogen (secondary N) is 2. The van der Waals surface area contributed by atoms with Crippen molar-refractivity contribution in [1.29, 1.82) is 0 Å². The summed E-state index contributed by atoms with van der Waals surface area (Å²) in [5.74, 6) is -0.280. The molecule has 2 amide bonds. The van der Waals surface area contributed by atoms with Crippen molar-refractivity contribution in [3.63, 3.8) is 0 Å². The van der Waals surface area contributed by atoms with Crippen LogP contribution >= 0.6 is 0 Å². The smallest absolute Gasteiger partial charge is 0.255 e. The van der Waals surface area contributed by atoms with Gasteiger partial charge in [-0.15, -0.1) is 0 Å². The minimum atomic E-state index is -0.181. The van der Waals surface area contributed by atoms with Crippen LogP contribution < -0.4 is 10.6 Å². The van der Waals surface area contributed by atoms with E-state index in [2.05, 4.69) is 24.5 Å². The summed E-state index contributed by atoms with van der Waals surface area (Å²) in [6.07, 6.45) is 4.19. The Morgan fingerprint density at radius 1 is 0.800 bits per heavy atom. The molecule has 0 radical (unpaired) electrons. The third kappa shape index (κ3) is 5.75. The molecule has 25 heavy (non-hydrogen) atoms. The first-order chi connectivity index (χ1) is 12.1. The molecule has 0 spiro atoms. The molecule has 0 saturated carbocycles. The molecule has 0 aliphatic heterocycles. The maximum absolute atomic E-state index is 12.3. The van der Waals surface area contributed by atoms with Crippen LogP contribution in [0.15, 0.2) is 48.5 Å². The summed E-state index contributed by atoms with van der Waals surface area (Å²) in [5.41, 5.74) is 3.09. The first-order valence-electron chi connectivity index (χ1n) is 8.92. The van der Waals surface area contributed by atoms with Gasteiger partial charge in [0.1, 0.15) is 0 Å². The standard InChI is InChI=1S/C21H26N2O2/c1-3-5-6-15-22-20(24)17-9-11-18(12-10-17)21(25)23-19-13-7-16(4-2)8-14-19/h7-14H,3-6,15H2,1-2H3,(H,22,24)(H,23,25). The van der Waals surface area contributed by atoms with Gasteiger partial charge in [-0.2, -0.15) is 0 Å². The molecule has 4 heteroatoms. The van der Waals surface area contributed by atoms with E-state index in [1.54, 1.807) is 24.3 Å². The molecule has 0 aromatic heterocycles. The molecule has 2 N–H and O–H groups in total. The predicted octanol–water partition coefficient (Wildman–Crippen LogP) is 4.42. The lowest BCUT2D eigenvalue weighted by Crippen LogP contribution is -2.24. The average molecular weight is 338 g/mol. The maximum Gasteiger partial charge on any atom is 0.255 e. The fraction of sp³-hybridized carbons (Fsp3) is 0.333. The monoisotopic (exact) mass is 338 g/mol. The number of anilines is 1. The minimum Gasteiger partial charge on any atom is -0.352 e. The molecule has 0 bridgehead atoms. The zero-order chi connectivity index (χ0) is 18.1. The molecule has 0 heterocycles. The zero-order valence-corrected chi connectivity index (χ0v) is 15.0. The molecule has 2 aromatic carbocycles. The number of aryl methyl sites for hydroxylation is 1. The number of carbonyl (C=O) groups excluding carboxylic acids is 2. The van der Waals surface area contributed by atoms with Crippen LogP contribution in [0.4, 0.5) is 5.69 Å². The van der Waals surface area contributed by atoms with Gasteiger partial charge in [0, 0.05) is 23.4 Å². The van der Waals surface area contributed by atoms with Crippen molar-refractivity contribution >= 4 is 17.5 Å². The van der Waals surface area contributed by atoms with Crippen molar-refractivity contribution in [2.45, 2.75) is 39.5 Å². The number of rotatable bonds is 8. The number of amides is 2. The van der Waals surface area contributed by atoms with Crippen molar-refractivity contribution < 1.29 is 9.59 Å². The summed E-state index contributed by atoms with van der Waals surface area (Å²) in [6, 6.07) is 14.5. The van der Waals surface area contributed by atoms with E-state index >= 15 is 0 Å². The molecule has 0 unspecified atom stereocenters. The van der Waals surface area contributed by atoms with Gasteiger partial charge in [0.2, 0.25) is 0 Å². The Labute approximate surface area is 149 Å². The zero-order valence-electron chi connectivity index (χ0n) is 15.0. The van der Waals surface area contributed by atoms with Crippen LogP contribution in [0.2, 0.25) is 0 Å². The van der Waals surface area contributed by atoms with E-state index in [1.165, 1.54) is 5.56 Å². The van der Waals surface area contributed by atoms with Crippen LogP contribution in [-0.4, -0.2) is 18.4 Å². The lowest BCUT2D eigenvalue weighted by Gasteiger charge is -2.08. The Morgan fingerprint density at radius 2 is 1.40 bits per heavy atom. The SMILES string of the molecule is CCCCCNC(=O)c1ccc(C(=O)Nc2ccc(CC)cc2)cc1. The maximum atomic E-state index is 12.3. The van der Waals surface area contributed by atoms with E-state index < -0.39 is 0 Å². The van der Waals surface area contributed by atoms with E-state index in [-0.39, 0.29) is 11.8 Å². The fourth-order valence-electron chi connectivity index (χ4n) is 2.48. The highest BCUT2D eigenvalue weighted by Gasteiger charge is 2.09. The number of hydrogen-bond donors (Lipinski definition) is 2. The van der Waals surface area contributed by atoms with Gasteiger partial charge in [-0.1, -0.05) is 38.8 Å². The lowest BCUT2D eigenvalue weighted by atomic mass is 10.1. The van der Waals surface area contributed by atoms with Gasteiger partial charge < -0.3 is 10.6 Å². The second kappa shape index (κ2) is 9.62. The van der Waals surface area contributed by atoms with E-state index in [4.69, 9.17) is 0 Å². The van der Waals surface area contributed by atoms with E-state index in [0.717, 1.165) is 31.4 Å². The molecule has 0 saturated heterocycles. The fourth-order valence-corrected chi connectivity index (χ4v) is 2.48. The molecule has 0 aliphatic rings. The Hall–Kier alpha value is -2.62. The number of carbonyl (C=O) groups is 2. The molecular weight excluding hydrogens is 312 g/mol. The van der Waals surface area contributed by atoms with Crippen molar-refractivity contribution in [2.24, 2.45) is 0 Å². The summed E-state index contributed by atoms with van der Waals surface area (Å²) >= 11 is 0. The van der Waals surface area contributed by atoms with Crippen molar-refractivity contribution in [2.75, 3.05) is 11.9 Å². The largest absolute Gasteiger partial charge is 0.352 e. The second-order valence-corrected chi connectivity index (χ2v) is 6.04. The van der Waals surface area contributed by atoms with Crippen LogP contribution in [0.5, 0.6) is 0 Å². The van der Waals surface area contributed by atoms with Gasteiger partial charge in [0.25, 0.3) is 11.8 Å². The minimum absolute atomic E-state index is 0.0989. The molecular formula is C21H26N2O2. The van der Waals surface area contributed by atoms with Gasteiger partial charge in [0.15, 0.2) is 0 Å². The van der Waals surface area contributed by atoms with E-state index in [1.807, 2.05) is 24.3 Å². The van der Waals surface area contributed by atoms with E-state index in [0.29, 0.717) is 17.7 Å². The van der Waals surface area contributed by atoms with Gasteiger partial charge in [-0.3, -0.25) is 9.59 Å². The Kier molecular flexibility index (Phi) is 7.20. The van der Waals surface area contributed by atoms with Gasteiger partial charge in [-0.05, 0) is 54.8 Å². The van der Waals surface area contributed by atoms with Crippen molar-refractivity contribution in [1.82, 2.24) is 5.32 Å². The quantitative estimate of drug-likeness (QED) is 0.700. The summed E-state index contributed by atoms with van der Waals surface area (Å²) in [5, 5.41) is 5.76. The van der Waals surface area contributed by atoms with Gasteiger partial charge >= 0.3 is 0 Å². The van der Waals surface area contributed by atoms with Crippen LogP contribution in [0.1, 0.15) is 59.4 Å². The molecule has 0 aliphatic carbocycles. The van der Waals surface area contributed by atoms with Gasteiger partial charge in [0.05, 0.1) is 0 Å². The molecule has 0 fully saturated rings. The summed E-state index contributed by atoms with van der Waals surface area (Å²) in [7, 11) is 0. The van der Waals surface area contributed by atoms with Gasteiger partial charge in [-0.25, -0.2) is 0 Å². The summed E-state index contributed by atoms with van der Waals surface area (Å²) in [6.45, 7) is 4.90. The van der Waals surface area contributed by atoms with Crippen LogP contribution in [-0.2, 0) is 6.42 Å². The second-order valence-electron chi connectivity index (χ2n) is 6.04. The van der Waals surface area contributed by atoms with E-state index in [9.17, 15) is 9.59 Å². The molecule has 4 nitrogen and oxygen atoms in total. The topological polar surface area (TPSA) is 58.2 Å². The third-order valence-electron chi connectivity index (χ3n) is 4.10. The van der Waals surface area contributed by atoms with Crippen LogP contribution in [0, 0.1) is 0 Å². The highest BCUT2D eigenvalue weighted by Crippen LogP contribution is 2.12. The predicted molar refractivity (Wildman–Crippen MR) is 102 cm³/mol. The third-order valence-corrected chi connectivity index (χ3v) is 4.10. The summed E-state index contributed by atoms with van der Waals surface area (Å²) < 4.78 is 0. The number of hydrogen-bond acceptors (Lipinski definition) is 2. The highest BCUT2D eigenvalue weighted by atomic mass is 16.2. The molecule has 2 aromatic rings. The highest BCUT2D eigenvalue weighted by molar-refractivity contribution is 6.05. The first-order valence-corrected chi connectivity index (χ1v) is 8.92. The number of benzene rings is 2.